The lowest BCUT2D eigenvalue weighted by molar-refractivity contribution is 0.221. The highest BCUT2D eigenvalue weighted by Gasteiger charge is 2.09. The van der Waals surface area contributed by atoms with Crippen LogP contribution in [0.1, 0.15) is 37.3 Å². The highest BCUT2D eigenvalue weighted by molar-refractivity contribution is 5.30. The maximum Gasteiger partial charge on any atom is 0.138 e. The Kier molecular flexibility index (Phi) is 3.95. The topological polar surface area (TPSA) is 48.1 Å². The van der Waals surface area contributed by atoms with Crippen molar-refractivity contribution in [2.45, 2.75) is 26.0 Å². The molecule has 0 spiro atoms. The first-order valence-electron chi connectivity index (χ1n) is 6.10. The number of nitrogens with zero attached hydrogens (tertiary/aromatic N) is 1. The zero-order valence-electron chi connectivity index (χ0n) is 10.7. The largest absolute Gasteiger partial charge is 0.484 e. The second-order valence-electron chi connectivity index (χ2n) is 4.38. The molecular weight excluding hydrogens is 224 g/mol. The average Bonchev–Trinajstić information content (AvgIpc) is 2.40. The summed E-state index contributed by atoms with van der Waals surface area (Å²) < 4.78 is 5.87. The van der Waals surface area contributed by atoms with Crippen molar-refractivity contribution >= 4 is 0 Å². The molecule has 0 bridgehead atoms. The first-order valence-corrected chi connectivity index (χ1v) is 6.10. The molecule has 18 heavy (non-hydrogen) atoms. The van der Waals surface area contributed by atoms with E-state index in [0.717, 1.165) is 17.0 Å². The fourth-order valence-electron chi connectivity index (χ4n) is 1.75. The summed E-state index contributed by atoms with van der Waals surface area (Å²) in [7, 11) is 0. The lowest BCUT2D eigenvalue weighted by atomic mass is 10.1. The molecule has 94 valence electrons. The Labute approximate surface area is 108 Å². The molecule has 1 aromatic heterocycles. The van der Waals surface area contributed by atoms with E-state index in [1.54, 1.807) is 6.20 Å². The number of pyridine rings is 1. The van der Waals surface area contributed by atoms with Crippen molar-refractivity contribution in [1.82, 2.24) is 4.98 Å². The van der Waals surface area contributed by atoms with E-state index >= 15 is 0 Å². The van der Waals surface area contributed by atoms with Crippen molar-refractivity contribution in [3.63, 3.8) is 0 Å². The predicted octanol–water partition coefficient (Wildman–Crippen LogP) is 3.24. The van der Waals surface area contributed by atoms with Crippen molar-refractivity contribution < 1.29 is 4.74 Å². The molecule has 3 heteroatoms. The smallest absolute Gasteiger partial charge is 0.138 e. The molecule has 2 aromatic rings. The molecule has 0 aliphatic rings. The fourth-order valence-corrected chi connectivity index (χ4v) is 1.75. The second-order valence-corrected chi connectivity index (χ2v) is 4.38. The van der Waals surface area contributed by atoms with E-state index in [0.29, 0.717) is 0 Å². The van der Waals surface area contributed by atoms with Gasteiger partial charge in [-0.3, -0.25) is 4.98 Å². The van der Waals surface area contributed by atoms with E-state index in [1.807, 2.05) is 56.3 Å². The Hall–Kier alpha value is -1.87. The Morgan fingerprint density at radius 1 is 1.11 bits per heavy atom. The minimum Gasteiger partial charge on any atom is -0.484 e. The molecule has 0 saturated heterocycles. The molecule has 0 fully saturated rings. The van der Waals surface area contributed by atoms with Crippen LogP contribution < -0.4 is 10.5 Å². The van der Waals surface area contributed by atoms with Crippen molar-refractivity contribution in [3.8, 4) is 5.75 Å². The highest BCUT2D eigenvalue weighted by atomic mass is 16.5. The summed E-state index contributed by atoms with van der Waals surface area (Å²) in [6.07, 6.45) is 1.70. The lowest BCUT2D eigenvalue weighted by Crippen LogP contribution is -2.07. The van der Waals surface area contributed by atoms with Crippen molar-refractivity contribution in [1.29, 1.82) is 0 Å². The summed E-state index contributed by atoms with van der Waals surface area (Å²) >= 11 is 0. The molecule has 2 rings (SSSR count). The predicted molar refractivity (Wildman–Crippen MR) is 72.3 cm³/mol. The molecule has 2 atom stereocenters. The van der Waals surface area contributed by atoms with Gasteiger partial charge in [0, 0.05) is 12.2 Å². The van der Waals surface area contributed by atoms with Crippen LogP contribution in [0.25, 0.3) is 0 Å². The third kappa shape index (κ3) is 3.08. The Bertz CT molecular complexity index is 497. The average molecular weight is 242 g/mol. The summed E-state index contributed by atoms with van der Waals surface area (Å²) in [5.74, 6) is 0.822. The van der Waals surface area contributed by atoms with E-state index in [-0.39, 0.29) is 12.1 Å². The molecule has 0 aliphatic carbocycles. The van der Waals surface area contributed by atoms with E-state index in [9.17, 15) is 0 Å². The Morgan fingerprint density at radius 3 is 2.61 bits per heavy atom. The maximum atomic E-state index is 5.87. The monoisotopic (exact) mass is 242 g/mol. The molecular formula is C15H18N2O. The van der Waals surface area contributed by atoms with Crippen LogP contribution in [0.15, 0.2) is 48.7 Å². The molecule has 0 amide bonds. The first kappa shape index (κ1) is 12.6. The van der Waals surface area contributed by atoms with Crippen LogP contribution in [-0.2, 0) is 0 Å². The molecule has 0 saturated carbocycles. The van der Waals surface area contributed by atoms with E-state index < -0.39 is 0 Å². The zero-order valence-corrected chi connectivity index (χ0v) is 10.7. The third-order valence-corrected chi connectivity index (χ3v) is 2.80. The SMILES string of the molecule is CC(N)c1cccc(OC(C)c2ccccn2)c1. The van der Waals surface area contributed by atoms with Crippen LogP contribution in [0, 0.1) is 0 Å². The molecule has 0 aliphatic heterocycles. The van der Waals surface area contributed by atoms with Gasteiger partial charge in [0.05, 0.1) is 5.69 Å². The summed E-state index contributed by atoms with van der Waals surface area (Å²) in [6.45, 7) is 3.95. The van der Waals surface area contributed by atoms with Crippen molar-refractivity contribution in [2.75, 3.05) is 0 Å². The van der Waals surface area contributed by atoms with E-state index in [2.05, 4.69) is 4.98 Å². The van der Waals surface area contributed by atoms with Gasteiger partial charge in [-0.2, -0.15) is 0 Å². The Balaban J connectivity index is 2.12. The van der Waals surface area contributed by atoms with Gasteiger partial charge in [0.2, 0.25) is 0 Å². The third-order valence-electron chi connectivity index (χ3n) is 2.80. The minimum atomic E-state index is -0.0745. The standard InChI is InChI=1S/C15H18N2O/c1-11(16)13-6-5-7-14(10-13)18-12(2)15-8-3-4-9-17-15/h3-12H,16H2,1-2H3. The summed E-state index contributed by atoms with van der Waals surface area (Å²) in [4.78, 5) is 4.28. The van der Waals surface area contributed by atoms with Gasteiger partial charge >= 0.3 is 0 Å². The lowest BCUT2D eigenvalue weighted by Gasteiger charge is -2.15. The Morgan fingerprint density at radius 2 is 1.94 bits per heavy atom. The van der Waals surface area contributed by atoms with Crippen LogP contribution >= 0.6 is 0 Å². The number of ether oxygens (including phenoxy) is 1. The number of hydrogen-bond donors (Lipinski definition) is 1. The summed E-state index contributed by atoms with van der Waals surface area (Å²) in [5, 5.41) is 0. The molecule has 0 radical (unpaired) electrons. The summed E-state index contributed by atoms with van der Waals surface area (Å²) in [5.41, 5.74) is 7.85. The van der Waals surface area contributed by atoms with Crippen LogP contribution in [0.2, 0.25) is 0 Å². The highest BCUT2D eigenvalue weighted by Crippen LogP contribution is 2.23. The van der Waals surface area contributed by atoms with Crippen LogP contribution in [0.5, 0.6) is 5.75 Å². The van der Waals surface area contributed by atoms with Gasteiger partial charge in [0.15, 0.2) is 0 Å². The molecule has 1 aromatic carbocycles. The van der Waals surface area contributed by atoms with Gasteiger partial charge in [-0.1, -0.05) is 18.2 Å². The van der Waals surface area contributed by atoms with Gasteiger partial charge in [0.1, 0.15) is 11.9 Å². The number of benzene rings is 1. The fraction of sp³-hybridized carbons (Fsp3) is 0.267. The molecule has 2 N–H and O–H groups in total. The van der Waals surface area contributed by atoms with Gasteiger partial charge in [-0.15, -0.1) is 0 Å². The maximum absolute atomic E-state index is 5.87. The van der Waals surface area contributed by atoms with Crippen molar-refractivity contribution in [2.24, 2.45) is 5.73 Å². The number of nitrogens with two attached hydrogens (primary N) is 1. The first-order chi connectivity index (χ1) is 8.66. The summed E-state index contributed by atoms with van der Waals surface area (Å²) in [6, 6.07) is 13.7. The normalized spacial score (nSPS) is 13.9. The second kappa shape index (κ2) is 5.65. The van der Waals surface area contributed by atoms with Crippen LogP contribution in [0.4, 0.5) is 0 Å². The molecule has 1 heterocycles. The van der Waals surface area contributed by atoms with Crippen LogP contribution in [0.3, 0.4) is 0 Å². The van der Waals surface area contributed by atoms with E-state index in [4.69, 9.17) is 10.5 Å². The van der Waals surface area contributed by atoms with Crippen LogP contribution in [-0.4, -0.2) is 4.98 Å². The zero-order chi connectivity index (χ0) is 13.0. The van der Waals surface area contributed by atoms with E-state index in [1.165, 1.54) is 0 Å². The number of hydrogen-bond acceptors (Lipinski definition) is 3. The van der Waals surface area contributed by atoms with Gasteiger partial charge in [0.25, 0.3) is 0 Å². The van der Waals surface area contributed by atoms with Gasteiger partial charge in [-0.25, -0.2) is 0 Å². The molecule has 3 nitrogen and oxygen atoms in total. The van der Waals surface area contributed by atoms with Gasteiger partial charge in [-0.05, 0) is 43.7 Å². The number of rotatable bonds is 4. The molecule has 2 unspecified atom stereocenters. The minimum absolute atomic E-state index is 0.0127. The van der Waals surface area contributed by atoms with Gasteiger partial charge < -0.3 is 10.5 Å². The number of aromatic nitrogens is 1. The quantitative estimate of drug-likeness (QED) is 0.895. The van der Waals surface area contributed by atoms with Crippen molar-refractivity contribution in [3.05, 3.63) is 59.9 Å².